The van der Waals surface area contributed by atoms with Gasteiger partial charge in [-0.1, -0.05) is 48.5 Å². The van der Waals surface area contributed by atoms with E-state index in [0.717, 1.165) is 33.2 Å². The summed E-state index contributed by atoms with van der Waals surface area (Å²) in [7, 11) is 0. The Morgan fingerprint density at radius 1 is 1.00 bits per heavy atom. The van der Waals surface area contributed by atoms with Crippen molar-refractivity contribution in [1.29, 1.82) is 0 Å². The maximum Gasteiger partial charge on any atom is 0.244 e. The lowest BCUT2D eigenvalue weighted by Crippen LogP contribution is -2.18. The lowest BCUT2D eigenvalue weighted by Gasteiger charge is -2.07. The fourth-order valence-corrected chi connectivity index (χ4v) is 3.55. The number of hydrogen-bond acceptors (Lipinski definition) is 4. The van der Waals surface area contributed by atoms with Crippen LogP contribution >= 0.6 is 0 Å². The largest absolute Gasteiger partial charge is 0.337 e. The topological polar surface area (TPSA) is 87.1 Å². The highest BCUT2D eigenvalue weighted by molar-refractivity contribution is 6.00. The second kappa shape index (κ2) is 8.16. The van der Waals surface area contributed by atoms with Gasteiger partial charge in [0, 0.05) is 28.4 Å². The first-order valence-corrected chi connectivity index (χ1v) is 9.93. The highest BCUT2D eigenvalue weighted by Crippen LogP contribution is 2.20. The molecule has 2 heterocycles. The van der Waals surface area contributed by atoms with Crippen LogP contribution in [0.3, 0.4) is 0 Å². The van der Waals surface area contributed by atoms with Crippen molar-refractivity contribution in [3.05, 3.63) is 90.6 Å². The molecular formula is C24H20N6O. The molecule has 0 aliphatic heterocycles. The number of H-pyrrole nitrogens is 1. The molecule has 152 valence electrons. The molecule has 2 aromatic heterocycles. The summed E-state index contributed by atoms with van der Waals surface area (Å²) < 4.78 is 1.93. The van der Waals surface area contributed by atoms with Gasteiger partial charge in [-0.15, -0.1) is 0 Å². The van der Waals surface area contributed by atoms with Crippen LogP contribution in [-0.4, -0.2) is 26.7 Å². The first-order valence-electron chi connectivity index (χ1n) is 9.93. The SMILES string of the molecule is O=C(Cn1cc(C=NNc2nc3ccccc3[nH]2)c2ccccc21)Nc1ccccc1. The molecule has 7 heteroatoms. The number of amides is 1. The molecule has 0 atom stereocenters. The van der Waals surface area contributed by atoms with Gasteiger partial charge in [0.15, 0.2) is 0 Å². The first kappa shape index (κ1) is 18.6. The molecular weight excluding hydrogens is 388 g/mol. The average Bonchev–Trinajstić information content (AvgIpc) is 3.36. The van der Waals surface area contributed by atoms with Gasteiger partial charge < -0.3 is 14.9 Å². The van der Waals surface area contributed by atoms with E-state index in [2.05, 4.69) is 25.8 Å². The molecule has 0 saturated heterocycles. The van der Waals surface area contributed by atoms with Crippen molar-refractivity contribution < 1.29 is 4.79 Å². The molecule has 0 aliphatic carbocycles. The Labute approximate surface area is 178 Å². The number of hydrogen-bond donors (Lipinski definition) is 3. The number of anilines is 2. The Bertz CT molecular complexity index is 1350. The van der Waals surface area contributed by atoms with Gasteiger partial charge in [-0.3, -0.25) is 4.79 Å². The van der Waals surface area contributed by atoms with E-state index in [9.17, 15) is 4.79 Å². The van der Waals surface area contributed by atoms with Crippen molar-refractivity contribution in [2.75, 3.05) is 10.7 Å². The van der Waals surface area contributed by atoms with E-state index in [0.29, 0.717) is 5.95 Å². The molecule has 5 aromatic rings. The zero-order valence-corrected chi connectivity index (χ0v) is 16.6. The molecule has 0 radical (unpaired) electrons. The number of rotatable bonds is 6. The van der Waals surface area contributed by atoms with Gasteiger partial charge in [-0.2, -0.15) is 5.10 Å². The molecule has 31 heavy (non-hydrogen) atoms. The maximum absolute atomic E-state index is 12.5. The average molecular weight is 408 g/mol. The Balaban J connectivity index is 1.35. The second-order valence-electron chi connectivity index (χ2n) is 7.12. The third-order valence-corrected chi connectivity index (χ3v) is 4.95. The molecule has 5 rings (SSSR count). The van der Waals surface area contributed by atoms with Gasteiger partial charge in [-0.25, -0.2) is 10.4 Å². The van der Waals surface area contributed by atoms with Crippen LogP contribution in [0.5, 0.6) is 0 Å². The van der Waals surface area contributed by atoms with Crippen LogP contribution in [0.4, 0.5) is 11.6 Å². The lowest BCUT2D eigenvalue weighted by atomic mass is 10.2. The van der Waals surface area contributed by atoms with Gasteiger partial charge in [0.25, 0.3) is 0 Å². The fourth-order valence-electron chi connectivity index (χ4n) is 3.55. The molecule has 0 spiro atoms. The Morgan fingerprint density at radius 2 is 1.77 bits per heavy atom. The fraction of sp³-hybridized carbons (Fsp3) is 0.0417. The standard InChI is InChI=1S/C24H20N6O/c31-23(26-18-8-2-1-3-9-18)16-30-15-17(19-10-4-7-13-22(19)30)14-25-29-24-27-20-11-5-6-12-21(20)28-24/h1-15H,16H2,(H,26,31)(H2,27,28,29). The minimum absolute atomic E-state index is 0.0872. The quantitative estimate of drug-likeness (QED) is 0.283. The zero-order chi connectivity index (χ0) is 21.0. The third kappa shape index (κ3) is 4.02. The summed E-state index contributed by atoms with van der Waals surface area (Å²) in [5.41, 5.74) is 7.42. The summed E-state index contributed by atoms with van der Waals surface area (Å²) in [6, 6.07) is 25.2. The summed E-state index contributed by atoms with van der Waals surface area (Å²) in [5, 5.41) is 8.28. The predicted molar refractivity (Wildman–Crippen MR) is 124 cm³/mol. The van der Waals surface area contributed by atoms with Crippen molar-refractivity contribution in [2.24, 2.45) is 5.10 Å². The molecule has 1 amide bonds. The number of hydrazone groups is 1. The molecule has 0 saturated carbocycles. The Morgan fingerprint density at radius 3 is 2.65 bits per heavy atom. The second-order valence-corrected chi connectivity index (χ2v) is 7.12. The van der Waals surface area contributed by atoms with Gasteiger partial charge in [0.1, 0.15) is 6.54 Å². The van der Waals surface area contributed by atoms with Gasteiger partial charge in [0.05, 0.1) is 17.2 Å². The van der Waals surface area contributed by atoms with Crippen molar-refractivity contribution in [2.45, 2.75) is 6.54 Å². The van der Waals surface area contributed by atoms with Crippen molar-refractivity contribution in [1.82, 2.24) is 14.5 Å². The van der Waals surface area contributed by atoms with E-state index >= 15 is 0 Å². The number of imidazole rings is 1. The number of nitrogens with one attached hydrogen (secondary N) is 3. The zero-order valence-electron chi connectivity index (χ0n) is 16.6. The number of para-hydroxylation sites is 4. The minimum atomic E-state index is -0.0872. The van der Waals surface area contributed by atoms with Crippen molar-refractivity contribution >= 4 is 45.7 Å². The summed E-state index contributed by atoms with van der Waals surface area (Å²) in [4.78, 5) is 20.2. The molecule has 3 N–H and O–H groups in total. The van der Waals surface area contributed by atoms with Gasteiger partial charge >= 0.3 is 0 Å². The molecule has 0 bridgehead atoms. The van der Waals surface area contributed by atoms with Crippen molar-refractivity contribution in [3.8, 4) is 0 Å². The van der Waals surface area contributed by atoms with E-state index in [1.807, 2.05) is 89.6 Å². The van der Waals surface area contributed by atoms with Crippen LogP contribution in [0.2, 0.25) is 0 Å². The number of carbonyl (C=O) groups excluding carboxylic acids is 1. The predicted octanol–water partition coefficient (Wildman–Crippen LogP) is 4.60. The summed E-state index contributed by atoms with van der Waals surface area (Å²) in [6.07, 6.45) is 3.67. The highest BCUT2D eigenvalue weighted by atomic mass is 16.1. The van der Waals surface area contributed by atoms with Crippen LogP contribution in [0.25, 0.3) is 21.9 Å². The number of aromatic amines is 1. The van der Waals surface area contributed by atoms with E-state index < -0.39 is 0 Å². The van der Waals surface area contributed by atoms with E-state index in [1.54, 1.807) is 6.21 Å². The minimum Gasteiger partial charge on any atom is -0.337 e. The molecule has 7 nitrogen and oxygen atoms in total. The monoisotopic (exact) mass is 408 g/mol. The van der Waals surface area contributed by atoms with Crippen LogP contribution in [-0.2, 0) is 11.3 Å². The van der Waals surface area contributed by atoms with Crippen LogP contribution < -0.4 is 10.7 Å². The summed E-state index contributed by atoms with van der Waals surface area (Å²) in [6.45, 7) is 0.209. The number of carbonyl (C=O) groups is 1. The first-order chi connectivity index (χ1) is 15.3. The molecule has 0 unspecified atom stereocenters. The van der Waals surface area contributed by atoms with E-state index in [1.165, 1.54) is 0 Å². The van der Waals surface area contributed by atoms with Crippen molar-refractivity contribution in [3.63, 3.8) is 0 Å². The highest BCUT2D eigenvalue weighted by Gasteiger charge is 2.10. The lowest BCUT2D eigenvalue weighted by molar-refractivity contribution is -0.116. The van der Waals surface area contributed by atoms with Gasteiger partial charge in [-0.05, 0) is 30.3 Å². The summed E-state index contributed by atoms with van der Waals surface area (Å²) >= 11 is 0. The molecule has 0 aliphatic rings. The van der Waals surface area contributed by atoms with Crippen LogP contribution in [0.15, 0.2) is 90.2 Å². The van der Waals surface area contributed by atoms with E-state index in [4.69, 9.17) is 0 Å². The van der Waals surface area contributed by atoms with Crippen LogP contribution in [0, 0.1) is 0 Å². The number of benzene rings is 3. The normalized spacial score (nSPS) is 11.4. The summed E-state index contributed by atoms with van der Waals surface area (Å²) in [5.74, 6) is 0.485. The maximum atomic E-state index is 12.5. The van der Waals surface area contributed by atoms with Crippen LogP contribution in [0.1, 0.15) is 5.56 Å². The smallest absolute Gasteiger partial charge is 0.244 e. The number of fused-ring (bicyclic) bond motifs is 2. The third-order valence-electron chi connectivity index (χ3n) is 4.95. The molecule has 0 fully saturated rings. The number of aromatic nitrogens is 3. The Hall–Kier alpha value is -4.39. The Kier molecular flexibility index (Phi) is 4.90. The van der Waals surface area contributed by atoms with Gasteiger partial charge in [0.2, 0.25) is 11.9 Å². The van der Waals surface area contributed by atoms with E-state index in [-0.39, 0.29) is 12.5 Å². The molecule has 3 aromatic carbocycles. The number of nitrogens with zero attached hydrogens (tertiary/aromatic N) is 3.